The molecule has 0 aromatic carbocycles. The third-order valence-corrected chi connectivity index (χ3v) is 3.93. The van der Waals surface area contributed by atoms with E-state index in [9.17, 15) is 4.79 Å². The summed E-state index contributed by atoms with van der Waals surface area (Å²) in [6.07, 6.45) is 4.84. The molecule has 3 heteroatoms. The Hall–Kier alpha value is -0.570. The fraction of sp³-hybridized carbons (Fsp3) is 0.909. The van der Waals surface area contributed by atoms with Crippen LogP contribution in [0.3, 0.4) is 0 Å². The maximum atomic E-state index is 11.4. The first-order valence-electron chi connectivity index (χ1n) is 5.69. The van der Waals surface area contributed by atoms with Gasteiger partial charge in [-0.2, -0.15) is 0 Å². The molecule has 0 aromatic heterocycles. The molecule has 2 bridgehead atoms. The van der Waals surface area contributed by atoms with Crippen molar-refractivity contribution in [2.75, 3.05) is 13.1 Å². The second-order valence-corrected chi connectivity index (χ2v) is 4.74. The minimum Gasteiger partial charge on any atom is -0.340 e. The molecule has 1 amide bonds. The molecular weight excluding hydrogens is 176 g/mol. The summed E-state index contributed by atoms with van der Waals surface area (Å²) in [6.45, 7) is 3.48. The average Bonchev–Trinajstić information content (AvgIpc) is 2.50. The average molecular weight is 196 g/mol. The summed E-state index contributed by atoms with van der Waals surface area (Å²) in [5, 5.41) is 0. The Balaban J connectivity index is 2.00. The molecule has 2 aliphatic rings. The van der Waals surface area contributed by atoms with E-state index in [0.717, 1.165) is 31.3 Å². The van der Waals surface area contributed by atoms with E-state index in [4.69, 9.17) is 5.73 Å². The fourth-order valence-corrected chi connectivity index (χ4v) is 3.19. The number of rotatable bonds is 2. The van der Waals surface area contributed by atoms with Crippen LogP contribution >= 0.6 is 0 Å². The molecule has 0 spiro atoms. The predicted octanol–water partition coefficient (Wildman–Crippen LogP) is 0.982. The largest absolute Gasteiger partial charge is 0.340 e. The Labute approximate surface area is 85.6 Å². The number of amides is 1. The van der Waals surface area contributed by atoms with Crippen LogP contribution in [-0.2, 0) is 4.79 Å². The van der Waals surface area contributed by atoms with Crippen molar-refractivity contribution in [3.63, 3.8) is 0 Å². The molecule has 14 heavy (non-hydrogen) atoms. The highest BCUT2D eigenvalue weighted by Gasteiger charge is 2.41. The van der Waals surface area contributed by atoms with Crippen LogP contribution in [0.4, 0.5) is 0 Å². The van der Waals surface area contributed by atoms with Crippen LogP contribution in [0, 0.1) is 11.8 Å². The van der Waals surface area contributed by atoms with Crippen molar-refractivity contribution in [3.8, 4) is 0 Å². The first-order valence-corrected chi connectivity index (χ1v) is 5.69. The van der Waals surface area contributed by atoms with E-state index in [1.165, 1.54) is 19.3 Å². The second kappa shape index (κ2) is 3.89. The Morgan fingerprint density at radius 2 is 2.29 bits per heavy atom. The van der Waals surface area contributed by atoms with Gasteiger partial charge in [-0.05, 0) is 44.1 Å². The standard InChI is InChI=1S/C11H20N2O/c1-8(14)13-7-10-6-11(13)3-2-9(10)4-5-12/h9-11H,2-7,12H2,1H3. The lowest BCUT2D eigenvalue weighted by Gasteiger charge is -2.27. The highest BCUT2D eigenvalue weighted by molar-refractivity contribution is 5.74. The Kier molecular flexibility index (Phi) is 2.77. The highest BCUT2D eigenvalue weighted by atomic mass is 16.2. The topological polar surface area (TPSA) is 46.3 Å². The van der Waals surface area contributed by atoms with Crippen LogP contribution in [-0.4, -0.2) is 29.9 Å². The van der Waals surface area contributed by atoms with Crippen LogP contribution < -0.4 is 5.73 Å². The molecular formula is C11H20N2O. The zero-order chi connectivity index (χ0) is 10.1. The predicted molar refractivity (Wildman–Crippen MR) is 55.7 cm³/mol. The van der Waals surface area contributed by atoms with E-state index in [1.807, 2.05) is 0 Å². The van der Waals surface area contributed by atoms with Gasteiger partial charge in [0.15, 0.2) is 0 Å². The van der Waals surface area contributed by atoms with Crippen molar-refractivity contribution in [2.24, 2.45) is 17.6 Å². The van der Waals surface area contributed by atoms with E-state index < -0.39 is 0 Å². The molecule has 2 fully saturated rings. The van der Waals surface area contributed by atoms with Gasteiger partial charge in [0, 0.05) is 19.5 Å². The van der Waals surface area contributed by atoms with Gasteiger partial charge < -0.3 is 10.6 Å². The van der Waals surface area contributed by atoms with Gasteiger partial charge in [0.05, 0.1) is 0 Å². The van der Waals surface area contributed by atoms with Crippen molar-refractivity contribution >= 4 is 5.91 Å². The quantitative estimate of drug-likeness (QED) is 0.715. The SMILES string of the molecule is CC(=O)N1CC2CC1CCC2CCN. The van der Waals surface area contributed by atoms with Crippen LogP contribution in [0.5, 0.6) is 0 Å². The molecule has 3 atom stereocenters. The summed E-state index contributed by atoms with van der Waals surface area (Å²) in [5.74, 6) is 1.77. The zero-order valence-electron chi connectivity index (χ0n) is 8.91. The van der Waals surface area contributed by atoms with Gasteiger partial charge in [0.1, 0.15) is 0 Å². The van der Waals surface area contributed by atoms with Crippen molar-refractivity contribution < 1.29 is 4.79 Å². The smallest absolute Gasteiger partial charge is 0.219 e. The molecule has 3 unspecified atom stereocenters. The van der Waals surface area contributed by atoms with Crippen LogP contribution in [0.25, 0.3) is 0 Å². The number of likely N-dealkylation sites (tertiary alicyclic amines) is 1. The summed E-state index contributed by atoms with van der Waals surface area (Å²) in [4.78, 5) is 13.4. The van der Waals surface area contributed by atoms with E-state index in [2.05, 4.69) is 4.90 Å². The van der Waals surface area contributed by atoms with Gasteiger partial charge in [0.25, 0.3) is 0 Å². The third-order valence-electron chi connectivity index (χ3n) is 3.93. The van der Waals surface area contributed by atoms with Gasteiger partial charge in [-0.1, -0.05) is 0 Å². The molecule has 1 heterocycles. The van der Waals surface area contributed by atoms with Crippen LogP contribution in [0.1, 0.15) is 32.6 Å². The molecule has 0 aromatic rings. The number of nitrogens with zero attached hydrogens (tertiary/aromatic N) is 1. The molecule has 1 saturated carbocycles. The van der Waals surface area contributed by atoms with Gasteiger partial charge >= 0.3 is 0 Å². The maximum Gasteiger partial charge on any atom is 0.219 e. The lowest BCUT2D eigenvalue weighted by molar-refractivity contribution is -0.129. The summed E-state index contributed by atoms with van der Waals surface area (Å²) in [7, 11) is 0. The molecule has 1 aliphatic carbocycles. The molecule has 2 N–H and O–H groups in total. The Bertz CT molecular complexity index is 229. The van der Waals surface area contributed by atoms with Gasteiger partial charge in [-0.25, -0.2) is 0 Å². The Morgan fingerprint density at radius 3 is 2.93 bits per heavy atom. The summed E-state index contributed by atoms with van der Waals surface area (Å²) >= 11 is 0. The Morgan fingerprint density at radius 1 is 1.50 bits per heavy atom. The summed E-state index contributed by atoms with van der Waals surface area (Å²) in [5.41, 5.74) is 5.60. The molecule has 1 saturated heterocycles. The first-order chi connectivity index (χ1) is 6.72. The van der Waals surface area contributed by atoms with E-state index in [-0.39, 0.29) is 5.91 Å². The summed E-state index contributed by atoms with van der Waals surface area (Å²) in [6, 6.07) is 0.548. The van der Waals surface area contributed by atoms with Crippen molar-refractivity contribution in [3.05, 3.63) is 0 Å². The van der Waals surface area contributed by atoms with E-state index in [0.29, 0.717) is 6.04 Å². The van der Waals surface area contributed by atoms with E-state index in [1.54, 1.807) is 6.92 Å². The second-order valence-electron chi connectivity index (χ2n) is 4.74. The number of hydrogen-bond donors (Lipinski definition) is 1. The monoisotopic (exact) mass is 196 g/mol. The maximum absolute atomic E-state index is 11.4. The van der Waals surface area contributed by atoms with Crippen molar-refractivity contribution in [1.29, 1.82) is 0 Å². The molecule has 0 radical (unpaired) electrons. The number of carbonyl (C=O) groups excluding carboxylic acids is 1. The lowest BCUT2D eigenvalue weighted by atomic mass is 9.78. The van der Waals surface area contributed by atoms with E-state index >= 15 is 0 Å². The highest BCUT2D eigenvalue weighted by Crippen LogP contribution is 2.40. The molecule has 3 nitrogen and oxygen atoms in total. The number of nitrogens with two attached hydrogens (primary N) is 1. The zero-order valence-corrected chi connectivity index (χ0v) is 8.91. The fourth-order valence-electron chi connectivity index (χ4n) is 3.19. The minimum atomic E-state index is 0.255. The molecule has 80 valence electrons. The number of hydrogen-bond acceptors (Lipinski definition) is 2. The lowest BCUT2D eigenvalue weighted by Crippen LogP contribution is -2.33. The van der Waals surface area contributed by atoms with Gasteiger partial charge in [0.2, 0.25) is 5.91 Å². The normalized spacial score (nSPS) is 36.1. The van der Waals surface area contributed by atoms with Gasteiger partial charge in [-0.15, -0.1) is 0 Å². The van der Waals surface area contributed by atoms with Crippen LogP contribution in [0.15, 0.2) is 0 Å². The molecule has 2 rings (SSSR count). The van der Waals surface area contributed by atoms with Crippen molar-refractivity contribution in [1.82, 2.24) is 4.90 Å². The number of fused-ring (bicyclic) bond motifs is 2. The van der Waals surface area contributed by atoms with Crippen LogP contribution in [0.2, 0.25) is 0 Å². The third kappa shape index (κ3) is 1.65. The first kappa shape index (κ1) is 9.97. The van der Waals surface area contributed by atoms with Gasteiger partial charge in [-0.3, -0.25) is 4.79 Å². The van der Waals surface area contributed by atoms with Crippen molar-refractivity contribution in [2.45, 2.75) is 38.6 Å². The summed E-state index contributed by atoms with van der Waals surface area (Å²) < 4.78 is 0. The minimum absolute atomic E-state index is 0.255. The molecule has 1 aliphatic heterocycles. The number of carbonyl (C=O) groups is 1.